The fourth-order valence-electron chi connectivity index (χ4n) is 1.60. The van der Waals surface area contributed by atoms with Crippen LogP contribution < -0.4 is 10.1 Å². The van der Waals surface area contributed by atoms with Crippen LogP contribution in [-0.2, 0) is 0 Å². The van der Waals surface area contributed by atoms with Crippen molar-refractivity contribution >= 4 is 27.3 Å². The second-order valence-corrected chi connectivity index (χ2v) is 4.66. The molecule has 3 nitrogen and oxygen atoms in total. The summed E-state index contributed by atoms with van der Waals surface area (Å²) in [6, 6.07) is 13.4. The minimum atomic E-state index is -2.89. The van der Waals surface area contributed by atoms with E-state index in [-0.39, 0.29) is 5.75 Å². The fourth-order valence-corrected chi connectivity index (χ4v) is 2.08. The van der Waals surface area contributed by atoms with Crippen LogP contribution in [0.2, 0.25) is 0 Å². The van der Waals surface area contributed by atoms with Gasteiger partial charge in [-0.15, -0.1) is 0 Å². The Bertz CT molecular complexity index is 656. The van der Waals surface area contributed by atoms with Crippen LogP contribution in [0, 0.1) is 11.3 Å². The summed E-state index contributed by atoms with van der Waals surface area (Å²) in [6.07, 6.45) is 0. The molecule has 0 saturated heterocycles. The van der Waals surface area contributed by atoms with Crippen LogP contribution in [0.1, 0.15) is 5.56 Å². The lowest BCUT2D eigenvalue weighted by atomic mass is 10.2. The van der Waals surface area contributed by atoms with Gasteiger partial charge in [0.05, 0.1) is 23.0 Å². The Kier molecular flexibility index (Phi) is 4.53. The largest absolute Gasteiger partial charge is 0.433 e. The van der Waals surface area contributed by atoms with Crippen molar-refractivity contribution in [3.8, 4) is 11.8 Å². The summed E-state index contributed by atoms with van der Waals surface area (Å²) in [7, 11) is 0. The van der Waals surface area contributed by atoms with E-state index in [9.17, 15) is 8.78 Å². The molecule has 0 aliphatic rings. The van der Waals surface area contributed by atoms with E-state index in [1.54, 1.807) is 36.4 Å². The number of nitrogens with one attached hydrogen (secondary N) is 1. The Morgan fingerprint density at radius 3 is 2.55 bits per heavy atom. The maximum absolute atomic E-state index is 12.3. The van der Waals surface area contributed by atoms with Crippen LogP contribution in [0.3, 0.4) is 0 Å². The van der Waals surface area contributed by atoms with Crippen molar-refractivity contribution in [1.82, 2.24) is 0 Å². The lowest BCUT2D eigenvalue weighted by molar-refractivity contribution is -0.0493. The summed E-state index contributed by atoms with van der Waals surface area (Å²) < 4.78 is 29.7. The van der Waals surface area contributed by atoms with Crippen molar-refractivity contribution in [3.63, 3.8) is 0 Å². The van der Waals surface area contributed by atoms with Gasteiger partial charge in [-0.25, -0.2) is 0 Å². The molecule has 0 bridgehead atoms. The van der Waals surface area contributed by atoms with Crippen LogP contribution >= 0.6 is 15.9 Å². The third-order valence-electron chi connectivity index (χ3n) is 2.47. The van der Waals surface area contributed by atoms with E-state index in [4.69, 9.17) is 5.26 Å². The number of hydrogen-bond acceptors (Lipinski definition) is 3. The molecule has 6 heteroatoms. The van der Waals surface area contributed by atoms with Crippen LogP contribution in [-0.4, -0.2) is 6.61 Å². The van der Waals surface area contributed by atoms with Gasteiger partial charge < -0.3 is 10.1 Å². The molecule has 0 aliphatic heterocycles. The molecule has 2 aromatic carbocycles. The van der Waals surface area contributed by atoms with Gasteiger partial charge >= 0.3 is 6.61 Å². The first-order valence-electron chi connectivity index (χ1n) is 5.60. The molecule has 0 fully saturated rings. The average molecular weight is 339 g/mol. The summed E-state index contributed by atoms with van der Waals surface area (Å²) in [5, 5.41) is 11.8. The van der Waals surface area contributed by atoms with Crippen LogP contribution in [0.15, 0.2) is 46.9 Å². The van der Waals surface area contributed by atoms with Gasteiger partial charge in [-0.3, -0.25) is 0 Å². The number of halogens is 3. The first kappa shape index (κ1) is 14.3. The van der Waals surface area contributed by atoms with Crippen molar-refractivity contribution in [2.24, 2.45) is 0 Å². The van der Waals surface area contributed by atoms with Crippen LogP contribution in [0.4, 0.5) is 20.2 Å². The zero-order valence-corrected chi connectivity index (χ0v) is 11.7. The summed E-state index contributed by atoms with van der Waals surface area (Å²) in [5.74, 6) is 0.0544. The molecule has 0 aromatic heterocycles. The third kappa shape index (κ3) is 3.45. The normalized spacial score (nSPS) is 10.2. The smallest absolute Gasteiger partial charge is 0.387 e. The maximum atomic E-state index is 12.3. The van der Waals surface area contributed by atoms with Crippen molar-refractivity contribution in [1.29, 1.82) is 5.26 Å². The number of hydrogen-bond donors (Lipinski definition) is 1. The van der Waals surface area contributed by atoms with E-state index in [1.807, 2.05) is 6.07 Å². The Morgan fingerprint density at radius 2 is 1.90 bits per heavy atom. The van der Waals surface area contributed by atoms with Gasteiger partial charge in [0, 0.05) is 4.47 Å². The molecule has 0 amide bonds. The molecule has 0 unspecified atom stereocenters. The van der Waals surface area contributed by atoms with Crippen LogP contribution in [0.25, 0.3) is 0 Å². The molecule has 0 atom stereocenters. The molecular formula is C14H9BrF2N2O. The molecule has 1 N–H and O–H groups in total. The lowest BCUT2D eigenvalue weighted by Gasteiger charge is -2.13. The molecule has 0 heterocycles. The molecular weight excluding hydrogens is 330 g/mol. The predicted octanol–water partition coefficient (Wildman–Crippen LogP) is 4.67. The maximum Gasteiger partial charge on any atom is 0.387 e. The van der Waals surface area contributed by atoms with E-state index < -0.39 is 6.61 Å². The number of nitrogens with zero attached hydrogens (tertiary/aromatic N) is 1. The monoisotopic (exact) mass is 338 g/mol. The van der Waals surface area contributed by atoms with E-state index in [1.165, 1.54) is 6.07 Å². The third-order valence-corrected chi connectivity index (χ3v) is 3.13. The molecule has 2 rings (SSSR count). The second kappa shape index (κ2) is 6.35. The van der Waals surface area contributed by atoms with Gasteiger partial charge in [0.15, 0.2) is 0 Å². The molecule has 0 spiro atoms. The topological polar surface area (TPSA) is 45.0 Å². The molecule has 102 valence electrons. The fraction of sp³-hybridized carbons (Fsp3) is 0.0714. The Morgan fingerprint density at radius 1 is 1.15 bits per heavy atom. The highest BCUT2D eigenvalue weighted by Gasteiger charge is 2.10. The highest BCUT2D eigenvalue weighted by Crippen LogP contribution is 2.32. The first-order chi connectivity index (χ1) is 9.60. The van der Waals surface area contributed by atoms with E-state index in [0.29, 0.717) is 21.4 Å². The zero-order valence-electron chi connectivity index (χ0n) is 10.1. The van der Waals surface area contributed by atoms with E-state index >= 15 is 0 Å². The number of rotatable bonds is 4. The number of anilines is 2. The predicted molar refractivity (Wildman–Crippen MR) is 75.2 cm³/mol. The number of alkyl halides is 2. The van der Waals surface area contributed by atoms with Gasteiger partial charge in [0.2, 0.25) is 0 Å². The standard InChI is InChI=1S/C14H9BrF2N2O/c15-10-7-9(8-18)5-6-11(10)19-12-3-1-2-4-13(12)20-14(16)17/h1-7,14,19H. The van der Waals surface area contributed by atoms with Crippen LogP contribution in [0.5, 0.6) is 5.75 Å². The van der Waals surface area contributed by atoms with Gasteiger partial charge in [0.25, 0.3) is 0 Å². The van der Waals surface area contributed by atoms with Gasteiger partial charge in [0.1, 0.15) is 5.75 Å². The first-order valence-corrected chi connectivity index (χ1v) is 6.40. The second-order valence-electron chi connectivity index (χ2n) is 3.81. The Balaban J connectivity index is 2.28. The van der Waals surface area contributed by atoms with Gasteiger partial charge in [-0.05, 0) is 46.3 Å². The van der Waals surface area contributed by atoms with Crippen molar-refractivity contribution < 1.29 is 13.5 Å². The number of para-hydroxylation sites is 2. The summed E-state index contributed by atoms with van der Waals surface area (Å²) in [4.78, 5) is 0. The summed E-state index contributed by atoms with van der Waals surface area (Å²) in [6.45, 7) is -2.89. The van der Waals surface area contributed by atoms with E-state index in [0.717, 1.165) is 0 Å². The molecule has 0 radical (unpaired) electrons. The minimum absolute atomic E-state index is 0.0544. The molecule has 20 heavy (non-hydrogen) atoms. The summed E-state index contributed by atoms with van der Waals surface area (Å²) in [5.41, 5.74) is 1.56. The SMILES string of the molecule is N#Cc1ccc(Nc2ccccc2OC(F)F)c(Br)c1. The van der Waals surface area contributed by atoms with Crippen molar-refractivity contribution in [2.75, 3.05) is 5.32 Å². The summed E-state index contributed by atoms with van der Waals surface area (Å²) >= 11 is 3.32. The average Bonchev–Trinajstić information content (AvgIpc) is 2.42. The van der Waals surface area contributed by atoms with Gasteiger partial charge in [-0.2, -0.15) is 14.0 Å². The Hall–Kier alpha value is -2.13. The lowest BCUT2D eigenvalue weighted by Crippen LogP contribution is -2.04. The zero-order chi connectivity index (χ0) is 14.5. The van der Waals surface area contributed by atoms with Crippen molar-refractivity contribution in [3.05, 3.63) is 52.5 Å². The number of benzene rings is 2. The Labute approximate surface area is 122 Å². The highest BCUT2D eigenvalue weighted by molar-refractivity contribution is 9.10. The van der Waals surface area contributed by atoms with E-state index in [2.05, 4.69) is 26.0 Å². The van der Waals surface area contributed by atoms with Crippen molar-refractivity contribution in [2.45, 2.75) is 6.61 Å². The number of nitriles is 1. The molecule has 0 aliphatic carbocycles. The number of ether oxygens (including phenoxy) is 1. The highest BCUT2D eigenvalue weighted by atomic mass is 79.9. The quantitative estimate of drug-likeness (QED) is 0.881. The van der Waals surface area contributed by atoms with Gasteiger partial charge in [-0.1, -0.05) is 12.1 Å². The molecule has 2 aromatic rings. The minimum Gasteiger partial charge on any atom is -0.433 e. The molecule has 0 saturated carbocycles.